The minimum atomic E-state index is -0.353. The van der Waals surface area contributed by atoms with Gasteiger partial charge in [-0.1, -0.05) is 46.3 Å². The van der Waals surface area contributed by atoms with Gasteiger partial charge in [-0.15, -0.1) is 0 Å². The van der Waals surface area contributed by atoms with Crippen LogP contribution in [-0.4, -0.2) is 32.3 Å². The summed E-state index contributed by atoms with van der Waals surface area (Å²) in [5.74, 6) is 0. The Kier molecular flexibility index (Phi) is 6.04. The average Bonchev–Trinajstić information content (AvgIpc) is 2.59. The zero-order valence-electron chi connectivity index (χ0n) is 15.0. The first-order chi connectivity index (χ1) is 12.5. The van der Waals surface area contributed by atoms with Gasteiger partial charge in [0, 0.05) is 30.7 Å². The fourth-order valence-corrected chi connectivity index (χ4v) is 3.38. The van der Waals surface area contributed by atoms with E-state index in [1.54, 1.807) is 0 Å². The molecule has 0 aromatic heterocycles. The molecule has 0 heterocycles. The first-order valence-electron chi connectivity index (χ1n) is 8.72. The summed E-state index contributed by atoms with van der Waals surface area (Å²) in [5.41, 5.74) is 3.23. The number of halogens is 1. The molecule has 1 aliphatic rings. The van der Waals surface area contributed by atoms with Gasteiger partial charge in [-0.25, -0.2) is 4.79 Å². The molecule has 0 radical (unpaired) electrons. The van der Waals surface area contributed by atoms with Crippen LogP contribution in [-0.2, 0) is 11.3 Å². The van der Waals surface area contributed by atoms with Gasteiger partial charge in [-0.05, 0) is 36.6 Å². The standard InChI is InChI=1S/C20H24BrN3O2/c1-24(2)19-9-8-15(21)10-18(19)22-16-11-17(12-16)23-20(25)26-13-14-6-4-3-5-7-14/h3-10,16-17,22H,11-13H2,1-2H3,(H,23,25). The van der Waals surface area contributed by atoms with Crippen molar-refractivity contribution in [3.8, 4) is 0 Å². The summed E-state index contributed by atoms with van der Waals surface area (Å²) in [6.07, 6.45) is 1.42. The SMILES string of the molecule is CN(C)c1ccc(Br)cc1NC1CC(NC(=O)OCc2ccccc2)C1. The first kappa shape index (κ1) is 18.6. The molecule has 2 N–H and O–H groups in total. The smallest absolute Gasteiger partial charge is 0.407 e. The van der Waals surface area contributed by atoms with E-state index in [0.717, 1.165) is 34.3 Å². The zero-order valence-corrected chi connectivity index (χ0v) is 16.6. The van der Waals surface area contributed by atoms with Crippen molar-refractivity contribution in [2.24, 2.45) is 0 Å². The highest BCUT2D eigenvalue weighted by Crippen LogP contribution is 2.32. The molecule has 1 saturated carbocycles. The molecule has 0 bridgehead atoms. The van der Waals surface area contributed by atoms with Crippen LogP contribution >= 0.6 is 15.9 Å². The third kappa shape index (κ3) is 4.91. The Hall–Kier alpha value is -2.21. The number of nitrogens with one attached hydrogen (secondary N) is 2. The monoisotopic (exact) mass is 417 g/mol. The average molecular weight is 418 g/mol. The van der Waals surface area contributed by atoms with Crippen molar-refractivity contribution in [3.05, 3.63) is 58.6 Å². The molecular weight excluding hydrogens is 394 g/mol. The minimum Gasteiger partial charge on any atom is -0.445 e. The third-order valence-corrected chi connectivity index (χ3v) is 4.97. The van der Waals surface area contributed by atoms with Crippen LogP contribution in [0.15, 0.2) is 53.0 Å². The van der Waals surface area contributed by atoms with E-state index in [4.69, 9.17) is 4.74 Å². The summed E-state index contributed by atoms with van der Waals surface area (Å²) in [5, 5.41) is 6.50. The maximum atomic E-state index is 11.9. The Labute approximate surface area is 162 Å². The van der Waals surface area contributed by atoms with Crippen LogP contribution in [0.2, 0.25) is 0 Å². The third-order valence-electron chi connectivity index (χ3n) is 4.47. The largest absolute Gasteiger partial charge is 0.445 e. The van der Waals surface area contributed by atoms with Crippen molar-refractivity contribution in [3.63, 3.8) is 0 Å². The van der Waals surface area contributed by atoms with Gasteiger partial charge in [-0.3, -0.25) is 0 Å². The van der Waals surface area contributed by atoms with Crippen LogP contribution in [0.4, 0.5) is 16.2 Å². The molecule has 6 heteroatoms. The Morgan fingerprint density at radius 1 is 1.15 bits per heavy atom. The van der Waals surface area contributed by atoms with Crippen molar-refractivity contribution in [2.45, 2.75) is 31.5 Å². The fourth-order valence-electron chi connectivity index (χ4n) is 3.02. The normalized spacial score (nSPS) is 18.6. The van der Waals surface area contributed by atoms with Gasteiger partial charge in [0.1, 0.15) is 6.61 Å². The Morgan fingerprint density at radius 3 is 2.58 bits per heavy atom. The molecule has 0 atom stereocenters. The number of nitrogens with zero attached hydrogens (tertiary/aromatic N) is 1. The highest BCUT2D eigenvalue weighted by atomic mass is 79.9. The maximum Gasteiger partial charge on any atom is 0.407 e. The first-order valence-corrected chi connectivity index (χ1v) is 9.51. The van der Waals surface area contributed by atoms with Crippen molar-refractivity contribution in [2.75, 3.05) is 24.3 Å². The second kappa shape index (κ2) is 8.45. The van der Waals surface area contributed by atoms with Crippen molar-refractivity contribution in [1.82, 2.24) is 5.32 Å². The quantitative estimate of drug-likeness (QED) is 0.731. The van der Waals surface area contributed by atoms with Crippen LogP contribution < -0.4 is 15.5 Å². The summed E-state index contributed by atoms with van der Waals surface area (Å²) >= 11 is 3.52. The van der Waals surface area contributed by atoms with Gasteiger partial charge in [0.2, 0.25) is 0 Å². The van der Waals surface area contributed by atoms with Crippen LogP contribution in [0.3, 0.4) is 0 Å². The lowest BCUT2D eigenvalue weighted by atomic mass is 9.86. The highest BCUT2D eigenvalue weighted by Gasteiger charge is 2.31. The molecular formula is C20H24BrN3O2. The number of hydrogen-bond donors (Lipinski definition) is 2. The molecule has 1 aliphatic carbocycles. The lowest BCUT2D eigenvalue weighted by Gasteiger charge is -2.37. The Balaban J connectivity index is 1.43. The molecule has 26 heavy (non-hydrogen) atoms. The minimum absolute atomic E-state index is 0.158. The van der Waals surface area contributed by atoms with E-state index in [0.29, 0.717) is 12.6 Å². The van der Waals surface area contributed by atoms with E-state index < -0.39 is 0 Å². The number of carbonyl (C=O) groups is 1. The van der Waals surface area contributed by atoms with Crippen LogP contribution in [0.5, 0.6) is 0 Å². The number of anilines is 2. The lowest BCUT2D eigenvalue weighted by molar-refractivity contribution is 0.129. The molecule has 2 aromatic carbocycles. The van der Waals surface area contributed by atoms with Crippen LogP contribution in [0.25, 0.3) is 0 Å². The maximum absolute atomic E-state index is 11.9. The number of rotatable bonds is 6. The van der Waals surface area contributed by atoms with E-state index in [9.17, 15) is 4.79 Å². The molecule has 3 rings (SSSR count). The number of alkyl carbamates (subject to hydrolysis) is 1. The molecule has 0 saturated heterocycles. The summed E-state index contributed by atoms with van der Waals surface area (Å²) < 4.78 is 6.32. The van der Waals surface area contributed by atoms with E-state index in [1.165, 1.54) is 0 Å². The second-order valence-electron chi connectivity index (χ2n) is 6.77. The molecule has 2 aromatic rings. The van der Waals surface area contributed by atoms with Gasteiger partial charge in [0.05, 0.1) is 11.4 Å². The molecule has 0 aliphatic heterocycles. The van der Waals surface area contributed by atoms with Crippen molar-refractivity contribution in [1.29, 1.82) is 0 Å². The van der Waals surface area contributed by atoms with Crippen molar-refractivity contribution >= 4 is 33.4 Å². The number of hydrogen-bond acceptors (Lipinski definition) is 4. The highest BCUT2D eigenvalue weighted by molar-refractivity contribution is 9.10. The summed E-state index contributed by atoms with van der Waals surface area (Å²) in [4.78, 5) is 14.0. The predicted molar refractivity (Wildman–Crippen MR) is 109 cm³/mol. The fraction of sp³-hybridized carbons (Fsp3) is 0.350. The molecule has 5 nitrogen and oxygen atoms in total. The summed E-state index contributed by atoms with van der Waals surface area (Å²) in [6, 6.07) is 16.4. The van der Waals surface area contributed by atoms with Crippen molar-refractivity contribution < 1.29 is 9.53 Å². The van der Waals surface area contributed by atoms with E-state index in [2.05, 4.69) is 43.6 Å². The van der Waals surface area contributed by atoms with E-state index in [1.807, 2.05) is 50.5 Å². The second-order valence-corrected chi connectivity index (χ2v) is 7.69. The topological polar surface area (TPSA) is 53.6 Å². The zero-order chi connectivity index (χ0) is 18.5. The number of amides is 1. The molecule has 0 unspecified atom stereocenters. The van der Waals surface area contributed by atoms with Gasteiger partial charge in [0.25, 0.3) is 0 Å². The molecule has 138 valence electrons. The summed E-state index contributed by atoms with van der Waals surface area (Å²) in [6.45, 7) is 0.297. The Morgan fingerprint density at radius 2 is 1.88 bits per heavy atom. The molecule has 1 amide bonds. The van der Waals surface area contributed by atoms with Gasteiger partial charge >= 0.3 is 6.09 Å². The van der Waals surface area contributed by atoms with Crippen LogP contribution in [0.1, 0.15) is 18.4 Å². The number of ether oxygens (including phenoxy) is 1. The van der Waals surface area contributed by atoms with Crippen LogP contribution in [0, 0.1) is 0 Å². The number of carbonyl (C=O) groups excluding carboxylic acids is 1. The van der Waals surface area contributed by atoms with Gasteiger partial charge in [0.15, 0.2) is 0 Å². The van der Waals surface area contributed by atoms with E-state index in [-0.39, 0.29) is 12.1 Å². The lowest BCUT2D eigenvalue weighted by Crippen LogP contribution is -2.49. The number of benzene rings is 2. The Bertz CT molecular complexity index is 746. The molecule has 1 fully saturated rings. The predicted octanol–water partition coefficient (Wildman–Crippen LogP) is 4.38. The van der Waals surface area contributed by atoms with Gasteiger partial charge < -0.3 is 20.3 Å². The molecule has 0 spiro atoms. The van der Waals surface area contributed by atoms with E-state index >= 15 is 0 Å². The van der Waals surface area contributed by atoms with Gasteiger partial charge in [-0.2, -0.15) is 0 Å². The summed E-state index contributed by atoms with van der Waals surface area (Å²) in [7, 11) is 4.06.